The number of carbonyl (C=O) groups excluding carboxylic acids is 1. The summed E-state index contributed by atoms with van der Waals surface area (Å²) < 4.78 is 27.4. The van der Waals surface area contributed by atoms with E-state index < -0.39 is 24.1 Å². The fourth-order valence-electron chi connectivity index (χ4n) is 2.58. The normalized spacial score (nSPS) is 12.3. The molecule has 0 aliphatic heterocycles. The molecule has 2 heterocycles. The molecule has 0 spiro atoms. The van der Waals surface area contributed by atoms with Crippen molar-refractivity contribution in [3.63, 3.8) is 0 Å². The van der Waals surface area contributed by atoms with Crippen molar-refractivity contribution in [2.75, 3.05) is 5.32 Å². The lowest BCUT2D eigenvalue weighted by Gasteiger charge is -2.14. The second kappa shape index (κ2) is 7.62. The van der Waals surface area contributed by atoms with Crippen molar-refractivity contribution in [2.24, 2.45) is 0 Å². The number of thiophene rings is 1. The predicted octanol–water partition coefficient (Wildman–Crippen LogP) is 4.90. The maximum absolute atomic E-state index is 13.0. The summed E-state index contributed by atoms with van der Waals surface area (Å²) >= 11 is 4.43. The lowest BCUT2D eigenvalue weighted by atomic mass is 10.1. The molecule has 0 fully saturated rings. The highest BCUT2D eigenvalue weighted by molar-refractivity contribution is 9.10. The van der Waals surface area contributed by atoms with Crippen LogP contribution in [0.2, 0.25) is 0 Å². The minimum atomic E-state index is -2.73. The van der Waals surface area contributed by atoms with E-state index in [2.05, 4.69) is 32.4 Å². The molecule has 1 unspecified atom stereocenters. The monoisotopic (exact) mass is 430 g/mol. The molecule has 2 aromatic heterocycles. The average molecular weight is 431 g/mol. The van der Waals surface area contributed by atoms with Crippen LogP contribution in [0.5, 0.6) is 0 Å². The van der Waals surface area contributed by atoms with Crippen LogP contribution in [0.1, 0.15) is 53.7 Å². The van der Waals surface area contributed by atoms with Gasteiger partial charge in [-0.15, -0.1) is 11.3 Å². The Kier molecular flexibility index (Phi) is 5.95. The molecule has 0 aliphatic rings. The molecule has 1 atom stereocenters. The molecule has 9 heteroatoms. The summed E-state index contributed by atoms with van der Waals surface area (Å²) in [6.07, 6.45) is -2.04. The van der Waals surface area contributed by atoms with E-state index in [4.69, 9.17) is 0 Å². The Morgan fingerprint density at radius 2 is 2.12 bits per heavy atom. The topological polar surface area (TPSA) is 70.7 Å². The maximum Gasteiger partial charge on any atom is 0.283 e. The molecular formula is C16H17BrF2N4OS. The number of nitrogens with one attached hydrogen (secondary N) is 1. The van der Waals surface area contributed by atoms with Crippen LogP contribution in [-0.4, -0.2) is 15.7 Å². The van der Waals surface area contributed by atoms with Crippen molar-refractivity contribution >= 4 is 38.2 Å². The summed E-state index contributed by atoms with van der Waals surface area (Å²) in [4.78, 5) is 13.5. The van der Waals surface area contributed by atoms with Gasteiger partial charge in [-0.3, -0.25) is 9.48 Å². The molecule has 2 rings (SSSR count). The smallest absolute Gasteiger partial charge is 0.283 e. The number of anilines is 1. The highest BCUT2D eigenvalue weighted by Crippen LogP contribution is 2.34. The van der Waals surface area contributed by atoms with Crippen LogP contribution < -0.4 is 5.32 Å². The molecule has 1 amide bonds. The first-order valence-corrected chi connectivity index (χ1v) is 9.19. The van der Waals surface area contributed by atoms with Crippen LogP contribution >= 0.6 is 27.3 Å². The van der Waals surface area contributed by atoms with E-state index >= 15 is 0 Å². The van der Waals surface area contributed by atoms with Gasteiger partial charge in [0.25, 0.3) is 6.43 Å². The zero-order valence-electron chi connectivity index (χ0n) is 14.2. The maximum atomic E-state index is 13.0. The van der Waals surface area contributed by atoms with Crippen LogP contribution in [0.25, 0.3) is 0 Å². The largest absolute Gasteiger partial charge is 0.315 e. The van der Waals surface area contributed by atoms with Crippen LogP contribution in [0.4, 0.5) is 13.8 Å². The third-order valence-electron chi connectivity index (χ3n) is 3.97. The molecule has 0 aliphatic carbocycles. The molecule has 25 heavy (non-hydrogen) atoms. The number of halogens is 3. The number of aromatic nitrogens is 2. The lowest BCUT2D eigenvalue weighted by Crippen LogP contribution is -2.25. The molecule has 0 saturated carbocycles. The SMILES string of the molecule is CCc1c(C)sc(NC(=O)C(C)n2nc(C(F)F)c(Br)c2C)c1C#N. The lowest BCUT2D eigenvalue weighted by molar-refractivity contribution is -0.119. The number of hydrogen-bond acceptors (Lipinski definition) is 4. The van der Waals surface area contributed by atoms with Gasteiger partial charge in [-0.2, -0.15) is 10.4 Å². The molecular weight excluding hydrogens is 414 g/mol. The van der Waals surface area contributed by atoms with Gasteiger partial charge in [0.1, 0.15) is 22.8 Å². The Morgan fingerprint density at radius 1 is 1.48 bits per heavy atom. The molecule has 1 N–H and O–H groups in total. The fraction of sp³-hybridized carbons (Fsp3) is 0.438. The number of carbonyl (C=O) groups is 1. The zero-order valence-corrected chi connectivity index (χ0v) is 16.6. The Hall–Kier alpha value is -1.79. The summed E-state index contributed by atoms with van der Waals surface area (Å²) in [5, 5.41) is 16.4. The highest BCUT2D eigenvalue weighted by Gasteiger charge is 2.26. The van der Waals surface area contributed by atoms with Crippen LogP contribution in [0, 0.1) is 25.2 Å². The van der Waals surface area contributed by atoms with Crippen molar-refractivity contribution < 1.29 is 13.6 Å². The first-order valence-electron chi connectivity index (χ1n) is 7.58. The second-order valence-corrected chi connectivity index (χ2v) is 7.52. The summed E-state index contributed by atoms with van der Waals surface area (Å²) in [6, 6.07) is 1.32. The number of rotatable bonds is 5. The third kappa shape index (κ3) is 3.60. The molecule has 0 bridgehead atoms. The van der Waals surface area contributed by atoms with Gasteiger partial charge < -0.3 is 5.32 Å². The highest BCUT2D eigenvalue weighted by atomic mass is 79.9. The minimum absolute atomic E-state index is 0.195. The van der Waals surface area contributed by atoms with Gasteiger partial charge in [0.05, 0.1) is 15.7 Å². The molecule has 5 nitrogen and oxygen atoms in total. The number of alkyl halides is 2. The summed E-state index contributed by atoms with van der Waals surface area (Å²) in [7, 11) is 0. The van der Waals surface area contributed by atoms with Gasteiger partial charge in [0.2, 0.25) is 5.91 Å². The Labute approximate surface area is 156 Å². The van der Waals surface area contributed by atoms with E-state index in [0.29, 0.717) is 22.7 Å². The van der Waals surface area contributed by atoms with E-state index in [9.17, 15) is 18.8 Å². The van der Waals surface area contributed by atoms with Gasteiger partial charge >= 0.3 is 0 Å². The number of nitrogens with zero attached hydrogens (tertiary/aromatic N) is 3. The quantitative estimate of drug-likeness (QED) is 0.733. The van der Waals surface area contributed by atoms with Crippen molar-refractivity contribution in [3.8, 4) is 6.07 Å². The number of nitriles is 1. The Balaban J connectivity index is 2.31. The van der Waals surface area contributed by atoms with Gasteiger partial charge in [-0.05, 0) is 48.7 Å². The number of aryl methyl sites for hydroxylation is 1. The number of amides is 1. The van der Waals surface area contributed by atoms with Crippen molar-refractivity contribution in [2.45, 2.75) is 46.6 Å². The third-order valence-corrected chi connectivity index (χ3v) is 6.01. The first kappa shape index (κ1) is 19.5. The fourth-order valence-corrected chi connectivity index (χ4v) is 4.11. The number of hydrogen-bond donors (Lipinski definition) is 1. The second-order valence-electron chi connectivity index (χ2n) is 5.50. The first-order chi connectivity index (χ1) is 11.7. The molecule has 2 aromatic rings. The van der Waals surface area contributed by atoms with Gasteiger partial charge in [-0.1, -0.05) is 6.92 Å². The Bertz CT molecular complexity index is 853. The van der Waals surface area contributed by atoms with Crippen molar-refractivity contribution in [1.29, 1.82) is 5.26 Å². The van der Waals surface area contributed by atoms with E-state index in [1.165, 1.54) is 16.0 Å². The van der Waals surface area contributed by atoms with Crippen LogP contribution in [0.15, 0.2) is 4.47 Å². The predicted molar refractivity (Wildman–Crippen MR) is 96.1 cm³/mol. The Morgan fingerprint density at radius 3 is 2.60 bits per heavy atom. The standard InChI is InChI=1S/C16H17BrF2N4OS/c1-5-10-9(4)25-16(11(10)6-20)21-15(24)8(3)23-7(2)12(17)13(22-23)14(18)19/h8,14H,5H2,1-4H3,(H,21,24). The van der Waals surface area contributed by atoms with E-state index in [1.54, 1.807) is 13.8 Å². The molecule has 0 saturated heterocycles. The summed E-state index contributed by atoms with van der Waals surface area (Å²) in [6.45, 7) is 7.02. The van der Waals surface area contributed by atoms with Gasteiger partial charge in [-0.25, -0.2) is 8.78 Å². The van der Waals surface area contributed by atoms with Crippen molar-refractivity contribution in [1.82, 2.24) is 9.78 Å². The molecule has 0 aromatic carbocycles. The summed E-state index contributed by atoms with van der Waals surface area (Å²) in [5.74, 6) is -0.417. The van der Waals surface area contributed by atoms with Gasteiger partial charge in [0, 0.05) is 4.88 Å². The average Bonchev–Trinajstić information content (AvgIpc) is 3.03. The molecule has 0 radical (unpaired) electrons. The van der Waals surface area contributed by atoms with Gasteiger partial charge in [0.15, 0.2) is 0 Å². The van der Waals surface area contributed by atoms with Crippen molar-refractivity contribution in [3.05, 3.63) is 31.9 Å². The summed E-state index contributed by atoms with van der Waals surface area (Å²) in [5.41, 5.74) is 1.41. The van der Waals surface area contributed by atoms with E-state index in [-0.39, 0.29) is 4.47 Å². The van der Waals surface area contributed by atoms with E-state index in [1.807, 2.05) is 13.8 Å². The van der Waals surface area contributed by atoms with E-state index in [0.717, 1.165) is 10.4 Å². The molecule has 134 valence electrons. The van der Waals surface area contributed by atoms with Crippen LogP contribution in [-0.2, 0) is 11.2 Å². The minimum Gasteiger partial charge on any atom is -0.315 e. The zero-order chi connectivity index (χ0) is 18.9. The van der Waals surface area contributed by atoms with Crippen LogP contribution in [0.3, 0.4) is 0 Å².